The van der Waals surface area contributed by atoms with Crippen LogP contribution >= 0.6 is 11.3 Å². The van der Waals surface area contributed by atoms with Gasteiger partial charge in [0.2, 0.25) is 5.91 Å². The fourth-order valence-corrected chi connectivity index (χ4v) is 3.97. The topological polar surface area (TPSA) is 71.5 Å². The summed E-state index contributed by atoms with van der Waals surface area (Å²) >= 11 is 1.44. The minimum Gasteiger partial charge on any atom is -0.496 e. The SMILES string of the molecule is COc1ccc(C(C)=O)cc1CC(=O)Nc1nc(CN2CCCCC2)cs1. The monoisotopic (exact) mass is 387 g/mol. The molecule has 1 aliphatic heterocycles. The first-order valence-electron chi connectivity index (χ1n) is 9.19. The molecule has 0 unspecified atom stereocenters. The van der Waals surface area contributed by atoms with Gasteiger partial charge in [0.25, 0.3) is 0 Å². The molecule has 7 heteroatoms. The number of piperidine rings is 1. The van der Waals surface area contributed by atoms with E-state index in [0.717, 1.165) is 25.3 Å². The number of nitrogens with one attached hydrogen (secondary N) is 1. The van der Waals surface area contributed by atoms with Gasteiger partial charge in [-0.15, -0.1) is 11.3 Å². The minimum atomic E-state index is -0.173. The normalized spacial score (nSPS) is 14.7. The number of ether oxygens (including phenoxy) is 1. The molecule has 144 valence electrons. The van der Waals surface area contributed by atoms with E-state index in [-0.39, 0.29) is 18.1 Å². The first-order chi connectivity index (χ1) is 13.0. The molecule has 0 spiro atoms. The van der Waals surface area contributed by atoms with E-state index in [1.807, 2.05) is 5.38 Å². The van der Waals surface area contributed by atoms with Crippen molar-refractivity contribution < 1.29 is 14.3 Å². The molecule has 0 radical (unpaired) electrons. The van der Waals surface area contributed by atoms with Crippen molar-refractivity contribution in [2.45, 2.75) is 39.2 Å². The second kappa shape index (κ2) is 9.10. The van der Waals surface area contributed by atoms with E-state index in [1.165, 1.54) is 37.5 Å². The molecule has 1 N–H and O–H groups in total. The van der Waals surface area contributed by atoms with Crippen LogP contribution in [0.3, 0.4) is 0 Å². The summed E-state index contributed by atoms with van der Waals surface area (Å²) in [6.07, 6.45) is 3.93. The highest BCUT2D eigenvalue weighted by atomic mass is 32.1. The molecule has 1 saturated heterocycles. The molecule has 0 atom stereocenters. The lowest BCUT2D eigenvalue weighted by molar-refractivity contribution is -0.115. The van der Waals surface area contributed by atoms with Gasteiger partial charge in [0.05, 0.1) is 19.2 Å². The summed E-state index contributed by atoms with van der Waals surface area (Å²) in [5.41, 5.74) is 2.25. The van der Waals surface area contributed by atoms with Gasteiger partial charge in [-0.05, 0) is 51.1 Å². The largest absolute Gasteiger partial charge is 0.496 e. The molecule has 6 nitrogen and oxygen atoms in total. The van der Waals surface area contributed by atoms with Crippen LogP contribution in [-0.2, 0) is 17.8 Å². The van der Waals surface area contributed by atoms with Crippen molar-refractivity contribution in [1.82, 2.24) is 9.88 Å². The zero-order valence-corrected chi connectivity index (χ0v) is 16.6. The second-order valence-corrected chi connectivity index (χ2v) is 7.65. The highest BCUT2D eigenvalue weighted by Gasteiger charge is 2.15. The van der Waals surface area contributed by atoms with Crippen molar-refractivity contribution in [3.05, 3.63) is 40.4 Å². The van der Waals surface area contributed by atoms with Crippen molar-refractivity contribution in [1.29, 1.82) is 0 Å². The molecule has 1 amide bonds. The van der Waals surface area contributed by atoms with Gasteiger partial charge in [0.15, 0.2) is 10.9 Å². The zero-order valence-electron chi connectivity index (χ0n) is 15.8. The van der Waals surface area contributed by atoms with E-state index < -0.39 is 0 Å². The Labute approximate surface area is 163 Å². The van der Waals surface area contributed by atoms with Crippen LogP contribution in [0.25, 0.3) is 0 Å². The number of anilines is 1. The van der Waals surface area contributed by atoms with Gasteiger partial charge in [-0.1, -0.05) is 6.42 Å². The Morgan fingerprint density at radius 2 is 2.04 bits per heavy atom. The summed E-state index contributed by atoms with van der Waals surface area (Å²) in [6, 6.07) is 5.14. The Morgan fingerprint density at radius 1 is 1.26 bits per heavy atom. The summed E-state index contributed by atoms with van der Waals surface area (Å²) in [5, 5.41) is 5.46. The summed E-state index contributed by atoms with van der Waals surface area (Å²) in [6.45, 7) is 4.57. The van der Waals surface area contributed by atoms with E-state index >= 15 is 0 Å². The van der Waals surface area contributed by atoms with E-state index in [1.54, 1.807) is 25.3 Å². The number of hydrogen-bond donors (Lipinski definition) is 1. The zero-order chi connectivity index (χ0) is 19.2. The number of amides is 1. The molecule has 1 aromatic heterocycles. The summed E-state index contributed by atoms with van der Waals surface area (Å²) in [5.74, 6) is 0.384. The number of hydrogen-bond acceptors (Lipinski definition) is 6. The first-order valence-corrected chi connectivity index (χ1v) is 10.1. The third-order valence-corrected chi connectivity index (χ3v) is 5.48. The molecule has 0 bridgehead atoms. The molecule has 27 heavy (non-hydrogen) atoms. The van der Waals surface area contributed by atoms with Crippen molar-refractivity contribution in [2.75, 3.05) is 25.5 Å². The molecular weight excluding hydrogens is 362 g/mol. The van der Waals surface area contributed by atoms with E-state index in [4.69, 9.17) is 4.74 Å². The smallest absolute Gasteiger partial charge is 0.230 e. The number of rotatable bonds is 7. The lowest BCUT2D eigenvalue weighted by atomic mass is 10.0. The maximum atomic E-state index is 12.4. The van der Waals surface area contributed by atoms with Crippen LogP contribution in [0.2, 0.25) is 0 Å². The lowest BCUT2D eigenvalue weighted by Gasteiger charge is -2.25. The average Bonchev–Trinajstić information content (AvgIpc) is 3.09. The van der Waals surface area contributed by atoms with Gasteiger partial charge in [-0.3, -0.25) is 14.5 Å². The van der Waals surface area contributed by atoms with Gasteiger partial charge in [-0.25, -0.2) is 4.98 Å². The van der Waals surface area contributed by atoms with Gasteiger partial charge >= 0.3 is 0 Å². The van der Waals surface area contributed by atoms with E-state index in [2.05, 4.69) is 15.2 Å². The maximum Gasteiger partial charge on any atom is 0.230 e. The number of Topliss-reactive ketones (excluding diaryl/α,β-unsaturated/α-hetero) is 1. The van der Waals surface area contributed by atoms with Gasteiger partial charge in [0, 0.05) is 23.1 Å². The Hall–Kier alpha value is -2.25. The molecule has 0 saturated carbocycles. The maximum absolute atomic E-state index is 12.4. The molecule has 2 heterocycles. The minimum absolute atomic E-state index is 0.0402. The van der Waals surface area contributed by atoms with Crippen molar-refractivity contribution in [3.63, 3.8) is 0 Å². The van der Waals surface area contributed by atoms with E-state index in [0.29, 0.717) is 22.0 Å². The van der Waals surface area contributed by atoms with Crippen LogP contribution < -0.4 is 10.1 Å². The predicted molar refractivity (Wildman–Crippen MR) is 107 cm³/mol. The number of thiazole rings is 1. The number of nitrogens with zero attached hydrogens (tertiary/aromatic N) is 2. The van der Waals surface area contributed by atoms with Crippen molar-refractivity contribution >= 4 is 28.2 Å². The molecule has 1 aliphatic rings. The van der Waals surface area contributed by atoms with Crippen molar-refractivity contribution in [3.8, 4) is 5.75 Å². The number of carbonyl (C=O) groups excluding carboxylic acids is 2. The van der Waals surface area contributed by atoms with Gasteiger partial charge in [0.1, 0.15) is 5.75 Å². The van der Waals surface area contributed by atoms with Crippen LogP contribution in [0.5, 0.6) is 5.75 Å². The van der Waals surface area contributed by atoms with E-state index in [9.17, 15) is 9.59 Å². The van der Waals surface area contributed by atoms with Crippen LogP contribution in [0, 0.1) is 0 Å². The summed E-state index contributed by atoms with van der Waals surface area (Å²) < 4.78 is 5.31. The molecule has 1 aromatic carbocycles. The highest BCUT2D eigenvalue weighted by molar-refractivity contribution is 7.13. The van der Waals surface area contributed by atoms with Gasteiger partial charge < -0.3 is 10.1 Å². The Morgan fingerprint density at radius 3 is 2.74 bits per heavy atom. The predicted octanol–water partition coefficient (Wildman–Crippen LogP) is 3.52. The quantitative estimate of drug-likeness (QED) is 0.736. The third-order valence-electron chi connectivity index (χ3n) is 4.67. The Kier molecular flexibility index (Phi) is 6.58. The van der Waals surface area contributed by atoms with Gasteiger partial charge in [-0.2, -0.15) is 0 Å². The molecule has 1 fully saturated rings. The van der Waals surface area contributed by atoms with Crippen LogP contribution in [-0.4, -0.2) is 41.8 Å². The fourth-order valence-electron chi connectivity index (χ4n) is 3.26. The molecular formula is C20H25N3O3S. The van der Waals surface area contributed by atoms with Crippen molar-refractivity contribution in [2.24, 2.45) is 0 Å². The second-order valence-electron chi connectivity index (χ2n) is 6.79. The van der Waals surface area contributed by atoms with Crippen LogP contribution in [0.15, 0.2) is 23.6 Å². The Bertz CT molecular complexity index is 813. The number of likely N-dealkylation sites (tertiary alicyclic amines) is 1. The number of methoxy groups -OCH3 is 1. The number of carbonyl (C=O) groups is 2. The standard InChI is InChI=1S/C20H25N3O3S/c1-14(24)15-6-7-18(26-2)16(10-15)11-19(25)22-20-21-17(13-27-20)12-23-8-4-3-5-9-23/h6-7,10,13H,3-5,8-9,11-12H2,1-2H3,(H,21,22,25). The Balaban J connectivity index is 1.61. The number of benzene rings is 1. The molecule has 2 aromatic rings. The van der Waals surface area contributed by atoms with Crippen LogP contribution in [0.1, 0.15) is 47.8 Å². The summed E-state index contributed by atoms with van der Waals surface area (Å²) in [4.78, 5) is 31.0. The average molecular weight is 388 g/mol. The fraction of sp³-hybridized carbons (Fsp3) is 0.450. The molecule has 3 rings (SSSR count). The third kappa shape index (κ3) is 5.37. The number of aromatic nitrogens is 1. The summed E-state index contributed by atoms with van der Waals surface area (Å²) in [7, 11) is 1.55. The first kappa shape index (κ1) is 19.5. The molecule has 0 aliphatic carbocycles. The highest BCUT2D eigenvalue weighted by Crippen LogP contribution is 2.23. The lowest BCUT2D eigenvalue weighted by Crippen LogP contribution is -2.29. The number of ketones is 1. The van der Waals surface area contributed by atoms with Crippen LogP contribution in [0.4, 0.5) is 5.13 Å².